The summed E-state index contributed by atoms with van der Waals surface area (Å²) in [5.41, 5.74) is 0.185. The van der Waals surface area contributed by atoms with E-state index in [-0.39, 0.29) is 19.6 Å². The van der Waals surface area contributed by atoms with Gasteiger partial charge in [0.2, 0.25) is 0 Å². The summed E-state index contributed by atoms with van der Waals surface area (Å²) in [6.07, 6.45) is 0. The van der Waals surface area contributed by atoms with Gasteiger partial charge in [-0.1, -0.05) is 14.0 Å². The van der Waals surface area contributed by atoms with E-state index in [0.717, 1.165) is 0 Å². The number of carbonyl (C=O) groups is 1. The third-order valence-corrected chi connectivity index (χ3v) is 1.61. The number of hydrogen-bond acceptors (Lipinski definition) is 4. The van der Waals surface area contributed by atoms with Crippen molar-refractivity contribution >= 4 is 16.1 Å². The summed E-state index contributed by atoms with van der Waals surface area (Å²) in [7, 11) is -4.05. The third kappa shape index (κ3) is 9.03. The summed E-state index contributed by atoms with van der Waals surface area (Å²) < 4.78 is 32.9. The van der Waals surface area contributed by atoms with Gasteiger partial charge in [-0.2, -0.15) is 8.42 Å². The van der Waals surface area contributed by atoms with Crippen LogP contribution in [0, 0.1) is 0 Å². The molecule has 0 spiro atoms. The number of hydrogen-bond donors (Lipinski definition) is 1. The Balaban J connectivity index is 0. The molecule has 0 atom stereocenters. The zero-order valence-electron chi connectivity index (χ0n) is 6.61. The molecule has 6 heteroatoms. The lowest BCUT2D eigenvalue weighted by molar-refractivity contribution is -0.138. The van der Waals surface area contributed by atoms with Crippen LogP contribution in [-0.4, -0.2) is 31.3 Å². The van der Waals surface area contributed by atoms with Gasteiger partial charge in [0.25, 0.3) is 10.1 Å². The Labute approximate surface area is 78.1 Å². The molecule has 0 rings (SSSR count). The molecule has 0 aromatic heterocycles. The van der Waals surface area contributed by atoms with E-state index in [0.29, 0.717) is 0 Å². The van der Waals surface area contributed by atoms with Crippen molar-refractivity contribution in [1.82, 2.24) is 0 Å². The van der Waals surface area contributed by atoms with Crippen molar-refractivity contribution in [2.75, 3.05) is 12.4 Å². The maximum absolute atomic E-state index is 10.6. The van der Waals surface area contributed by atoms with Crippen LogP contribution in [0.15, 0.2) is 12.2 Å². The first-order chi connectivity index (χ1) is 5.33. The molecule has 0 aliphatic heterocycles. The summed E-state index contributed by atoms with van der Waals surface area (Å²) in [4.78, 5) is 10.6. The molecule has 0 fully saturated rings. The fourth-order valence-electron chi connectivity index (χ4n) is 0.363. The molecule has 78 valence electrons. The molecule has 0 aliphatic rings. The van der Waals surface area contributed by atoms with Gasteiger partial charge in [-0.05, 0) is 6.92 Å². The van der Waals surface area contributed by atoms with Gasteiger partial charge in [0.15, 0.2) is 0 Å². The highest BCUT2D eigenvalue weighted by Crippen LogP contribution is 1.92. The molecule has 0 heterocycles. The lowest BCUT2D eigenvalue weighted by Gasteiger charge is -2.01. The molecule has 13 heavy (non-hydrogen) atoms. The van der Waals surface area contributed by atoms with Crippen molar-refractivity contribution in [3.8, 4) is 0 Å². The molecule has 5 nitrogen and oxygen atoms in total. The normalized spacial score (nSPS) is 10.0. The van der Waals surface area contributed by atoms with E-state index in [9.17, 15) is 13.2 Å². The Bertz CT molecular complexity index is 277. The second kappa shape index (κ2) is 5.71. The molecular weight excluding hydrogens is 196 g/mol. The monoisotopic (exact) mass is 210 g/mol. The Kier molecular flexibility index (Phi) is 6.43. The predicted molar refractivity (Wildman–Crippen MR) is 48.9 cm³/mol. The zero-order valence-corrected chi connectivity index (χ0v) is 7.43. The average molecular weight is 210 g/mol. The molecule has 0 aromatic carbocycles. The van der Waals surface area contributed by atoms with Crippen LogP contribution < -0.4 is 0 Å². The van der Waals surface area contributed by atoms with E-state index in [2.05, 4.69) is 11.3 Å². The molecule has 0 unspecified atom stereocenters. The van der Waals surface area contributed by atoms with Crippen LogP contribution in [0.25, 0.3) is 0 Å². The third-order valence-electron chi connectivity index (χ3n) is 0.923. The van der Waals surface area contributed by atoms with Crippen LogP contribution in [0.2, 0.25) is 0 Å². The molecule has 0 aliphatic carbocycles. The smallest absolute Gasteiger partial charge is 0.333 e. The van der Waals surface area contributed by atoms with Gasteiger partial charge < -0.3 is 4.74 Å². The Hall–Kier alpha value is -0.880. The Morgan fingerprint density at radius 1 is 1.54 bits per heavy atom. The van der Waals surface area contributed by atoms with E-state index in [1.54, 1.807) is 0 Å². The maximum atomic E-state index is 10.6. The molecule has 0 radical (unpaired) electrons. The summed E-state index contributed by atoms with van der Waals surface area (Å²) in [5.74, 6) is -1.26. The standard InChI is InChI=1S/C6H10O5S.CH4/c1-5(2)6(7)11-3-4-12(8,9)10;/h1,3-4H2,2H3,(H,8,9,10);1H4. The zero-order chi connectivity index (χ0) is 9.78. The van der Waals surface area contributed by atoms with Crippen molar-refractivity contribution in [2.45, 2.75) is 14.4 Å². The highest BCUT2D eigenvalue weighted by atomic mass is 32.2. The van der Waals surface area contributed by atoms with Gasteiger partial charge in [-0.3, -0.25) is 4.55 Å². The second-order valence-electron chi connectivity index (χ2n) is 2.20. The van der Waals surface area contributed by atoms with Crippen LogP contribution in [0.4, 0.5) is 0 Å². The van der Waals surface area contributed by atoms with Gasteiger partial charge in [0, 0.05) is 5.57 Å². The van der Waals surface area contributed by atoms with Gasteiger partial charge in [0.1, 0.15) is 12.4 Å². The Morgan fingerprint density at radius 3 is 2.31 bits per heavy atom. The fourth-order valence-corrected chi connectivity index (χ4v) is 0.657. The molecule has 1 N–H and O–H groups in total. The lowest BCUT2D eigenvalue weighted by Crippen LogP contribution is -2.14. The summed E-state index contributed by atoms with van der Waals surface area (Å²) >= 11 is 0. The van der Waals surface area contributed by atoms with Crippen molar-refractivity contribution in [1.29, 1.82) is 0 Å². The van der Waals surface area contributed by atoms with E-state index in [1.807, 2.05) is 0 Å². The molecule has 0 saturated heterocycles. The van der Waals surface area contributed by atoms with Crippen LogP contribution in [0.3, 0.4) is 0 Å². The number of rotatable bonds is 4. The van der Waals surface area contributed by atoms with Crippen molar-refractivity contribution in [3.63, 3.8) is 0 Å². The predicted octanol–water partition coefficient (Wildman–Crippen LogP) is 0.630. The quantitative estimate of drug-likeness (QED) is 0.418. The fraction of sp³-hybridized carbons (Fsp3) is 0.571. The SMILES string of the molecule is C.C=C(C)C(=O)OCCS(=O)(=O)O. The highest BCUT2D eigenvalue weighted by molar-refractivity contribution is 7.85. The van der Waals surface area contributed by atoms with E-state index < -0.39 is 21.8 Å². The van der Waals surface area contributed by atoms with Crippen LogP contribution in [0.1, 0.15) is 14.4 Å². The lowest BCUT2D eigenvalue weighted by atomic mass is 10.4. The van der Waals surface area contributed by atoms with Crippen molar-refractivity contribution < 1.29 is 22.5 Å². The second-order valence-corrected chi connectivity index (χ2v) is 3.77. The van der Waals surface area contributed by atoms with E-state index >= 15 is 0 Å². The average Bonchev–Trinajstić information content (AvgIpc) is 1.84. The molecule has 0 saturated carbocycles. The largest absolute Gasteiger partial charge is 0.461 e. The van der Waals surface area contributed by atoms with Gasteiger partial charge in [0.05, 0.1) is 0 Å². The molecular formula is C7H14O5S. The van der Waals surface area contributed by atoms with Gasteiger partial charge >= 0.3 is 5.97 Å². The van der Waals surface area contributed by atoms with Gasteiger partial charge in [-0.15, -0.1) is 0 Å². The van der Waals surface area contributed by atoms with E-state index in [4.69, 9.17) is 4.55 Å². The number of esters is 1. The summed E-state index contributed by atoms with van der Waals surface area (Å²) in [6, 6.07) is 0. The summed E-state index contributed by atoms with van der Waals surface area (Å²) in [5, 5.41) is 0. The highest BCUT2D eigenvalue weighted by Gasteiger charge is 2.07. The molecule has 0 bridgehead atoms. The first-order valence-electron chi connectivity index (χ1n) is 3.11. The van der Waals surface area contributed by atoms with E-state index in [1.165, 1.54) is 6.92 Å². The minimum atomic E-state index is -4.05. The minimum Gasteiger partial charge on any atom is -0.461 e. The first kappa shape index (κ1) is 14.6. The molecule has 0 aromatic rings. The summed E-state index contributed by atoms with van der Waals surface area (Å²) in [6.45, 7) is 4.37. The minimum absolute atomic E-state index is 0. The van der Waals surface area contributed by atoms with Gasteiger partial charge in [-0.25, -0.2) is 4.79 Å². The van der Waals surface area contributed by atoms with Crippen LogP contribution in [-0.2, 0) is 19.6 Å². The van der Waals surface area contributed by atoms with Crippen molar-refractivity contribution in [2.24, 2.45) is 0 Å². The number of ether oxygens (including phenoxy) is 1. The van der Waals surface area contributed by atoms with Crippen LogP contribution >= 0.6 is 0 Å². The van der Waals surface area contributed by atoms with Crippen molar-refractivity contribution in [3.05, 3.63) is 12.2 Å². The Morgan fingerprint density at radius 2 is 2.00 bits per heavy atom. The molecule has 0 amide bonds. The first-order valence-corrected chi connectivity index (χ1v) is 4.71. The topological polar surface area (TPSA) is 80.7 Å². The maximum Gasteiger partial charge on any atom is 0.333 e. The number of carbonyl (C=O) groups excluding carboxylic acids is 1. The van der Waals surface area contributed by atoms with Crippen LogP contribution in [0.5, 0.6) is 0 Å².